The van der Waals surface area contributed by atoms with Gasteiger partial charge in [0.2, 0.25) is 10.0 Å². The van der Waals surface area contributed by atoms with Crippen LogP contribution in [0.15, 0.2) is 53.4 Å². The van der Waals surface area contributed by atoms with Crippen LogP contribution in [0.3, 0.4) is 0 Å². The Bertz CT molecular complexity index is 989. The minimum absolute atomic E-state index is 0.296. The van der Waals surface area contributed by atoms with E-state index in [1.165, 1.54) is 5.56 Å². The second-order valence-corrected chi connectivity index (χ2v) is 9.21. The van der Waals surface area contributed by atoms with Gasteiger partial charge in [0.25, 0.3) is 0 Å². The first-order chi connectivity index (χ1) is 12.3. The summed E-state index contributed by atoms with van der Waals surface area (Å²) in [6.45, 7) is 6.31. The molecule has 2 aromatic carbocycles. The number of nitrogens with zero attached hydrogens (tertiary/aromatic N) is 1. The van der Waals surface area contributed by atoms with Crippen LogP contribution in [0, 0.1) is 20.8 Å². The molecule has 0 amide bonds. The van der Waals surface area contributed by atoms with Crippen LogP contribution in [0.2, 0.25) is 0 Å². The number of aryl methyl sites for hydroxylation is 3. The van der Waals surface area contributed by atoms with Gasteiger partial charge in [0.15, 0.2) is 0 Å². The van der Waals surface area contributed by atoms with Crippen molar-refractivity contribution >= 4 is 21.4 Å². The van der Waals surface area contributed by atoms with E-state index < -0.39 is 10.0 Å². The fourth-order valence-electron chi connectivity index (χ4n) is 2.58. The van der Waals surface area contributed by atoms with Crippen molar-refractivity contribution in [2.24, 2.45) is 0 Å². The van der Waals surface area contributed by atoms with Gasteiger partial charge in [-0.1, -0.05) is 47.5 Å². The monoisotopic (exact) mass is 386 g/mol. The van der Waals surface area contributed by atoms with E-state index in [-0.39, 0.29) is 0 Å². The van der Waals surface area contributed by atoms with E-state index in [2.05, 4.69) is 40.9 Å². The molecule has 3 rings (SSSR count). The van der Waals surface area contributed by atoms with Gasteiger partial charge in [0.1, 0.15) is 5.01 Å². The molecule has 6 heteroatoms. The van der Waals surface area contributed by atoms with Gasteiger partial charge in [-0.25, -0.2) is 18.1 Å². The van der Waals surface area contributed by atoms with Crippen LogP contribution >= 0.6 is 11.3 Å². The van der Waals surface area contributed by atoms with E-state index >= 15 is 0 Å². The molecular weight excluding hydrogens is 364 g/mol. The average molecular weight is 387 g/mol. The molecule has 1 N–H and O–H groups in total. The normalized spacial score (nSPS) is 11.7. The van der Waals surface area contributed by atoms with Crippen molar-refractivity contribution in [1.29, 1.82) is 0 Å². The zero-order chi connectivity index (χ0) is 18.7. The lowest BCUT2D eigenvalue weighted by Crippen LogP contribution is -2.25. The fourth-order valence-corrected chi connectivity index (χ4v) is 4.68. The Balaban J connectivity index is 1.66. The predicted octanol–water partition coefficient (Wildman–Crippen LogP) is 4.26. The second kappa shape index (κ2) is 7.70. The summed E-state index contributed by atoms with van der Waals surface area (Å²) >= 11 is 1.62. The van der Waals surface area contributed by atoms with Gasteiger partial charge in [0, 0.05) is 17.0 Å². The van der Waals surface area contributed by atoms with Crippen LogP contribution in [-0.4, -0.2) is 19.9 Å². The Morgan fingerprint density at radius 2 is 1.50 bits per heavy atom. The molecule has 0 fully saturated rings. The van der Waals surface area contributed by atoms with Crippen molar-refractivity contribution in [3.63, 3.8) is 0 Å². The van der Waals surface area contributed by atoms with Gasteiger partial charge in [-0.2, -0.15) is 0 Å². The number of hydrogen-bond acceptors (Lipinski definition) is 4. The number of thiazole rings is 1. The molecule has 0 aliphatic rings. The first-order valence-electron chi connectivity index (χ1n) is 8.45. The van der Waals surface area contributed by atoms with Gasteiger partial charge in [-0.05, 0) is 39.3 Å². The van der Waals surface area contributed by atoms with Crippen LogP contribution in [0.5, 0.6) is 0 Å². The molecule has 26 heavy (non-hydrogen) atoms. The maximum absolute atomic E-state index is 12.4. The molecule has 3 aromatic rings. The summed E-state index contributed by atoms with van der Waals surface area (Å²) < 4.78 is 27.4. The molecule has 0 saturated carbocycles. The highest BCUT2D eigenvalue weighted by atomic mass is 32.2. The molecule has 4 nitrogen and oxygen atoms in total. The van der Waals surface area contributed by atoms with Crippen LogP contribution in [-0.2, 0) is 16.4 Å². The van der Waals surface area contributed by atoms with Gasteiger partial charge in [-0.15, -0.1) is 11.3 Å². The Labute approximate surface area is 159 Å². The van der Waals surface area contributed by atoms with E-state index in [0.717, 1.165) is 26.7 Å². The summed E-state index contributed by atoms with van der Waals surface area (Å²) in [5, 5.41) is 0.971. The molecule has 0 unspecified atom stereocenters. The minimum atomic E-state index is -3.48. The molecule has 0 atom stereocenters. The Kier molecular flexibility index (Phi) is 5.55. The standard InChI is InChI=1S/C20H22N2O2S2/c1-14-4-8-17(9-5-14)20-22-16(3)19(25-20)12-13-21-26(23,24)18-10-6-15(2)7-11-18/h4-11,21H,12-13H2,1-3H3. The van der Waals surface area contributed by atoms with Crippen molar-refractivity contribution in [3.8, 4) is 10.6 Å². The van der Waals surface area contributed by atoms with Gasteiger partial charge in [-0.3, -0.25) is 0 Å². The van der Waals surface area contributed by atoms with Gasteiger partial charge < -0.3 is 0 Å². The summed E-state index contributed by atoms with van der Waals surface area (Å²) in [6, 6.07) is 15.1. The lowest BCUT2D eigenvalue weighted by Gasteiger charge is -2.06. The van der Waals surface area contributed by atoms with Crippen LogP contribution in [0.4, 0.5) is 0 Å². The maximum atomic E-state index is 12.4. The molecule has 1 aromatic heterocycles. The quantitative estimate of drug-likeness (QED) is 0.689. The van der Waals surface area contributed by atoms with Crippen LogP contribution in [0.25, 0.3) is 10.6 Å². The topological polar surface area (TPSA) is 59.1 Å². The van der Waals surface area contributed by atoms with E-state index in [4.69, 9.17) is 0 Å². The predicted molar refractivity (Wildman–Crippen MR) is 107 cm³/mol. The molecule has 0 radical (unpaired) electrons. The average Bonchev–Trinajstić information content (AvgIpc) is 2.97. The molecule has 0 bridgehead atoms. The number of hydrogen-bond donors (Lipinski definition) is 1. The lowest BCUT2D eigenvalue weighted by molar-refractivity contribution is 0.581. The van der Waals surface area contributed by atoms with E-state index in [0.29, 0.717) is 17.9 Å². The molecule has 136 valence electrons. The SMILES string of the molecule is Cc1ccc(-c2nc(C)c(CCNS(=O)(=O)c3ccc(C)cc3)s2)cc1. The summed E-state index contributed by atoms with van der Waals surface area (Å²) in [6.07, 6.45) is 0.625. The Hall–Kier alpha value is -2.02. The maximum Gasteiger partial charge on any atom is 0.240 e. The van der Waals surface area contributed by atoms with E-state index in [1.54, 1.807) is 35.6 Å². The van der Waals surface area contributed by atoms with Gasteiger partial charge >= 0.3 is 0 Å². The second-order valence-electron chi connectivity index (χ2n) is 6.35. The smallest absolute Gasteiger partial charge is 0.240 e. The number of aromatic nitrogens is 1. The number of benzene rings is 2. The van der Waals surface area contributed by atoms with Gasteiger partial charge in [0.05, 0.1) is 10.6 Å². The Morgan fingerprint density at radius 3 is 2.12 bits per heavy atom. The largest absolute Gasteiger partial charge is 0.241 e. The lowest BCUT2D eigenvalue weighted by atomic mass is 10.2. The van der Waals surface area contributed by atoms with Crippen molar-refractivity contribution in [1.82, 2.24) is 9.71 Å². The molecule has 0 saturated heterocycles. The summed E-state index contributed by atoms with van der Waals surface area (Å²) in [5.74, 6) is 0. The third-order valence-electron chi connectivity index (χ3n) is 4.17. The van der Waals surface area contributed by atoms with Crippen molar-refractivity contribution in [2.75, 3.05) is 6.54 Å². The first-order valence-corrected chi connectivity index (χ1v) is 10.7. The first kappa shape index (κ1) is 18.8. The summed E-state index contributed by atoms with van der Waals surface area (Å²) in [7, 11) is -3.48. The van der Waals surface area contributed by atoms with Crippen LogP contribution in [0.1, 0.15) is 21.7 Å². The van der Waals surface area contributed by atoms with Crippen molar-refractivity contribution in [3.05, 3.63) is 70.2 Å². The zero-order valence-electron chi connectivity index (χ0n) is 15.1. The van der Waals surface area contributed by atoms with Crippen molar-refractivity contribution < 1.29 is 8.42 Å². The zero-order valence-corrected chi connectivity index (χ0v) is 16.7. The van der Waals surface area contributed by atoms with Crippen molar-refractivity contribution in [2.45, 2.75) is 32.1 Å². The van der Waals surface area contributed by atoms with Crippen LogP contribution < -0.4 is 4.72 Å². The number of nitrogens with one attached hydrogen (secondary N) is 1. The number of sulfonamides is 1. The molecule has 0 aliphatic carbocycles. The molecule has 1 heterocycles. The molecule has 0 aliphatic heterocycles. The highest BCUT2D eigenvalue weighted by Crippen LogP contribution is 2.28. The Morgan fingerprint density at radius 1 is 0.923 bits per heavy atom. The third-order valence-corrected chi connectivity index (χ3v) is 6.91. The molecular formula is C20H22N2O2S2. The third kappa shape index (κ3) is 4.38. The minimum Gasteiger partial charge on any atom is -0.241 e. The number of rotatable bonds is 6. The summed E-state index contributed by atoms with van der Waals surface area (Å²) in [5.41, 5.74) is 4.30. The fraction of sp³-hybridized carbons (Fsp3) is 0.250. The molecule has 0 spiro atoms. The van der Waals surface area contributed by atoms with E-state index in [9.17, 15) is 8.42 Å². The highest BCUT2D eigenvalue weighted by Gasteiger charge is 2.14. The van der Waals surface area contributed by atoms with E-state index in [1.807, 2.05) is 13.8 Å². The highest BCUT2D eigenvalue weighted by molar-refractivity contribution is 7.89. The summed E-state index contributed by atoms with van der Waals surface area (Å²) in [4.78, 5) is 6.03.